The zero-order valence-electron chi connectivity index (χ0n) is 12.0. The number of benzene rings is 1. The zero-order chi connectivity index (χ0) is 15.0. The predicted molar refractivity (Wildman–Crippen MR) is 76.7 cm³/mol. The van der Waals surface area contributed by atoms with Gasteiger partial charge in [-0.3, -0.25) is 9.59 Å². The molecule has 0 bridgehead atoms. The first-order chi connectivity index (χ1) is 9.54. The van der Waals surface area contributed by atoms with E-state index in [1.165, 1.54) is 0 Å². The summed E-state index contributed by atoms with van der Waals surface area (Å²) >= 11 is 0. The summed E-state index contributed by atoms with van der Waals surface area (Å²) in [6.07, 6.45) is 0.763. The molecule has 1 rings (SSSR count). The number of ether oxygens (including phenoxy) is 1. The first-order valence-electron chi connectivity index (χ1n) is 6.75. The number of nitrogens with one attached hydrogen (secondary N) is 1. The molecule has 0 radical (unpaired) electrons. The largest absolute Gasteiger partial charge is 0.368 e. The maximum Gasteiger partial charge on any atom is 0.246 e. The van der Waals surface area contributed by atoms with E-state index in [-0.39, 0.29) is 18.4 Å². The molecular weight excluding hydrogens is 256 g/mol. The van der Waals surface area contributed by atoms with E-state index in [9.17, 15) is 9.59 Å². The average molecular weight is 278 g/mol. The van der Waals surface area contributed by atoms with Gasteiger partial charge in [-0.2, -0.15) is 0 Å². The highest BCUT2D eigenvalue weighted by atomic mass is 16.5. The van der Waals surface area contributed by atoms with E-state index in [0.717, 1.165) is 12.0 Å². The molecule has 0 spiro atoms. The monoisotopic (exact) mass is 278 g/mol. The second-order valence-corrected chi connectivity index (χ2v) is 4.81. The molecule has 0 saturated heterocycles. The average Bonchev–Trinajstić information content (AvgIpc) is 2.45. The Morgan fingerprint density at radius 2 is 1.95 bits per heavy atom. The Balaban J connectivity index is 2.37. The van der Waals surface area contributed by atoms with Gasteiger partial charge in [0.25, 0.3) is 0 Å². The van der Waals surface area contributed by atoms with Gasteiger partial charge in [0.05, 0.1) is 6.61 Å². The van der Waals surface area contributed by atoms with Crippen molar-refractivity contribution in [2.45, 2.75) is 32.9 Å². The highest BCUT2D eigenvalue weighted by Gasteiger charge is 2.23. The molecule has 0 aromatic heterocycles. The molecule has 0 aliphatic heterocycles. The van der Waals surface area contributed by atoms with Crippen LogP contribution in [0.2, 0.25) is 0 Å². The molecule has 1 aromatic carbocycles. The van der Waals surface area contributed by atoms with Crippen molar-refractivity contribution in [1.82, 2.24) is 5.32 Å². The van der Waals surface area contributed by atoms with Gasteiger partial charge in [0, 0.05) is 0 Å². The van der Waals surface area contributed by atoms with Crippen LogP contribution in [0.5, 0.6) is 0 Å². The molecule has 1 aromatic rings. The predicted octanol–water partition coefficient (Wildman–Crippen LogP) is 1.22. The Morgan fingerprint density at radius 1 is 1.30 bits per heavy atom. The number of carbonyl (C=O) groups is 2. The lowest BCUT2D eigenvalue weighted by Gasteiger charge is -2.21. The van der Waals surface area contributed by atoms with Gasteiger partial charge in [0.1, 0.15) is 12.6 Å². The summed E-state index contributed by atoms with van der Waals surface area (Å²) in [5, 5.41) is 2.61. The lowest BCUT2D eigenvalue weighted by Crippen LogP contribution is -2.49. The number of hydrogen-bond donors (Lipinski definition) is 2. The summed E-state index contributed by atoms with van der Waals surface area (Å²) in [7, 11) is 0. The fourth-order valence-electron chi connectivity index (χ4n) is 1.78. The van der Waals surface area contributed by atoms with E-state index >= 15 is 0 Å². The first kappa shape index (κ1) is 16.2. The number of nitrogens with two attached hydrogens (primary N) is 1. The normalized spacial score (nSPS) is 13.5. The van der Waals surface area contributed by atoms with Crippen molar-refractivity contribution in [2.24, 2.45) is 11.7 Å². The summed E-state index contributed by atoms with van der Waals surface area (Å²) in [6, 6.07) is 8.93. The van der Waals surface area contributed by atoms with Crippen molar-refractivity contribution in [3.05, 3.63) is 35.9 Å². The maximum absolute atomic E-state index is 11.7. The third-order valence-electron chi connectivity index (χ3n) is 3.18. The Kier molecular flexibility index (Phi) is 6.73. The van der Waals surface area contributed by atoms with Crippen molar-refractivity contribution in [1.29, 1.82) is 0 Å². The van der Waals surface area contributed by atoms with Crippen LogP contribution in [0.1, 0.15) is 25.8 Å². The summed E-state index contributed by atoms with van der Waals surface area (Å²) in [4.78, 5) is 23.0. The summed E-state index contributed by atoms with van der Waals surface area (Å²) in [5.41, 5.74) is 6.28. The third-order valence-corrected chi connectivity index (χ3v) is 3.18. The Hall–Kier alpha value is -1.88. The van der Waals surface area contributed by atoms with E-state index in [4.69, 9.17) is 10.5 Å². The van der Waals surface area contributed by atoms with Crippen molar-refractivity contribution in [2.75, 3.05) is 6.61 Å². The Morgan fingerprint density at radius 3 is 2.50 bits per heavy atom. The van der Waals surface area contributed by atoms with Gasteiger partial charge >= 0.3 is 0 Å². The molecule has 5 nitrogen and oxygen atoms in total. The lowest BCUT2D eigenvalue weighted by atomic mass is 9.99. The van der Waals surface area contributed by atoms with Crippen LogP contribution in [0, 0.1) is 5.92 Å². The summed E-state index contributed by atoms with van der Waals surface area (Å²) < 4.78 is 5.31. The highest BCUT2D eigenvalue weighted by molar-refractivity contribution is 5.87. The molecule has 2 amide bonds. The molecule has 2 atom stereocenters. The molecule has 5 heteroatoms. The van der Waals surface area contributed by atoms with Crippen molar-refractivity contribution in [3.8, 4) is 0 Å². The molecule has 0 aliphatic carbocycles. The third kappa shape index (κ3) is 5.40. The highest BCUT2D eigenvalue weighted by Crippen LogP contribution is 2.07. The minimum Gasteiger partial charge on any atom is -0.368 e. The van der Waals surface area contributed by atoms with E-state index in [1.54, 1.807) is 0 Å². The summed E-state index contributed by atoms with van der Waals surface area (Å²) in [5.74, 6) is -0.841. The fraction of sp³-hybridized carbons (Fsp3) is 0.467. The van der Waals surface area contributed by atoms with Gasteiger partial charge in [-0.05, 0) is 11.5 Å². The van der Waals surface area contributed by atoms with E-state index in [2.05, 4.69) is 5.32 Å². The molecule has 0 saturated carbocycles. The zero-order valence-corrected chi connectivity index (χ0v) is 12.0. The van der Waals surface area contributed by atoms with Gasteiger partial charge < -0.3 is 15.8 Å². The van der Waals surface area contributed by atoms with Crippen LogP contribution < -0.4 is 11.1 Å². The number of amides is 2. The SMILES string of the molecule is CC[C@H](C)[C@@H](NC(=O)COCc1ccccc1)C(N)=O. The van der Waals surface area contributed by atoms with Crippen LogP contribution >= 0.6 is 0 Å². The van der Waals surface area contributed by atoms with Gasteiger partial charge in [-0.25, -0.2) is 0 Å². The molecule has 20 heavy (non-hydrogen) atoms. The molecule has 0 fully saturated rings. The number of carbonyl (C=O) groups excluding carboxylic acids is 2. The van der Waals surface area contributed by atoms with Gasteiger partial charge in [0.15, 0.2) is 0 Å². The molecule has 0 unspecified atom stereocenters. The van der Waals surface area contributed by atoms with Crippen LogP contribution in [0.4, 0.5) is 0 Å². The van der Waals surface area contributed by atoms with Crippen LogP contribution in [0.25, 0.3) is 0 Å². The second kappa shape index (κ2) is 8.32. The quantitative estimate of drug-likeness (QED) is 0.750. The van der Waals surface area contributed by atoms with E-state index in [1.807, 2.05) is 44.2 Å². The van der Waals surface area contributed by atoms with Crippen molar-refractivity contribution in [3.63, 3.8) is 0 Å². The van der Waals surface area contributed by atoms with Gasteiger partial charge in [-0.1, -0.05) is 50.6 Å². The van der Waals surface area contributed by atoms with Crippen molar-refractivity contribution >= 4 is 11.8 Å². The fourth-order valence-corrected chi connectivity index (χ4v) is 1.78. The smallest absolute Gasteiger partial charge is 0.246 e. The van der Waals surface area contributed by atoms with Gasteiger partial charge in [0.2, 0.25) is 11.8 Å². The minimum absolute atomic E-state index is 0.00516. The number of hydrogen-bond acceptors (Lipinski definition) is 3. The van der Waals surface area contributed by atoms with Crippen molar-refractivity contribution < 1.29 is 14.3 Å². The molecule has 3 N–H and O–H groups in total. The molecule has 110 valence electrons. The Labute approximate surface area is 119 Å². The maximum atomic E-state index is 11.7. The van der Waals surface area contributed by atoms with E-state index in [0.29, 0.717) is 6.61 Å². The van der Waals surface area contributed by atoms with Crippen LogP contribution in [0.3, 0.4) is 0 Å². The molecule has 0 heterocycles. The first-order valence-corrected chi connectivity index (χ1v) is 6.75. The number of rotatable bonds is 8. The Bertz CT molecular complexity index is 434. The van der Waals surface area contributed by atoms with Crippen LogP contribution in [0.15, 0.2) is 30.3 Å². The summed E-state index contributed by atoms with van der Waals surface area (Å²) in [6.45, 7) is 4.09. The standard InChI is InChI=1S/C15H22N2O3/c1-3-11(2)14(15(16)19)17-13(18)10-20-9-12-7-5-4-6-8-12/h4-8,11,14H,3,9-10H2,1-2H3,(H2,16,19)(H,17,18)/t11-,14+/m0/s1. The van der Waals surface area contributed by atoms with E-state index < -0.39 is 11.9 Å². The molecular formula is C15H22N2O3. The minimum atomic E-state index is -0.646. The molecule has 0 aliphatic rings. The van der Waals surface area contributed by atoms with Gasteiger partial charge in [-0.15, -0.1) is 0 Å². The lowest BCUT2D eigenvalue weighted by molar-refractivity contribution is -0.131. The van der Waals surface area contributed by atoms with Crippen LogP contribution in [-0.2, 0) is 20.9 Å². The van der Waals surface area contributed by atoms with Crippen LogP contribution in [-0.4, -0.2) is 24.5 Å². The number of primary amides is 1. The second-order valence-electron chi connectivity index (χ2n) is 4.81. The topological polar surface area (TPSA) is 81.4 Å².